The van der Waals surface area contributed by atoms with E-state index in [-0.39, 0.29) is 5.91 Å². The molecule has 1 saturated heterocycles. The summed E-state index contributed by atoms with van der Waals surface area (Å²) in [6.07, 6.45) is 4.02. The maximum absolute atomic E-state index is 11.1. The van der Waals surface area contributed by atoms with Crippen LogP contribution >= 0.6 is 0 Å². The number of hydrogen-bond donors (Lipinski definition) is 1. The molecule has 1 amide bonds. The maximum atomic E-state index is 11.1. The third kappa shape index (κ3) is 2.36. The molecule has 0 aliphatic carbocycles. The van der Waals surface area contributed by atoms with Crippen molar-refractivity contribution in [2.75, 3.05) is 23.3 Å². The van der Waals surface area contributed by atoms with Gasteiger partial charge in [-0.1, -0.05) is 0 Å². The number of nitrogens with one attached hydrogen (secondary N) is 1. The number of carbonyl (C=O) groups excluding carboxylic acids is 1. The Kier molecular flexibility index (Phi) is 3.03. The zero-order chi connectivity index (χ0) is 13.2. The zero-order valence-electron chi connectivity index (χ0n) is 10.9. The molecule has 2 aromatic rings. The highest BCUT2D eigenvalue weighted by molar-refractivity contribution is 5.96. The van der Waals surface area contributed by atoms with Crippen molar-refractivity contribution in [3.05, 3.63) is 24.5 Å². The number of benzene rings is 1. The van der Waals surface area contributed by atoms with Crippen LogP contribution in [0.3, 0.4) is 0 Å². The SMILES string of the molecule is CC(=O)Nc1ccc2ncnc(N3CCCC3)c2c1. The molecule has 0 saturated carbocycles. The lowest BCUT2D eigenvalue weighted by molar-refractivity contribution is -0.114. The number of fused-ring (bicyclic) bond motifs is 1. The highest BCUT2D eigenvalue weighted by atomic mass is 16.1. The van der Waals surface area contributed by atoms with Crippen LogP contribution in [-0.4, -0.2) is 29.0 Å². The molecule has 0 spiro atoms. The van der Waals surface area contributed by atoms with E-state index in [1.807, 2.05) is 18.2 Å². The average Bonchev–Trinajstić information content (AvgIpc) is 2.91. The second kappa shape index (κ2) is 4.84. The van der Waals surface area contributed by atoms with E-state index in [0.29, 0.717) is 0 Å². The van der Waals surface area contributed by atoms with E-state index in [1.54, 1.807) is 6.33 Å². The molecule has 0 radical (unpaired) electrons. The quantitative estimate of drug-likeness (QED) is 0.894. The summed E-state index contributed by atoms with van der Waals surface area (Å²) < 4.78 is 0. The summed E-state index contributed by atoms with van der Waals surface area (Å²) in [6, 6.07) is 5.73. The summed E-state index contributed by atoms with van der Waals surface area (Å²) >= 11 is 0. The molecule has 1 N–H and O–H groups in total. The first kappa shape index (κ1) is 11.9. The van der Waals surface area contributed by atoms with Gasteiger partial charge in [-0.2, -0.15) is 0 Å². The van der Waals surface area contributed by atoms with E-state index in [9.17, 15) is 4.79 Å². The van der Waals surface area contributed by atoms with E-state index >= 15 is 0 Å². The predicted molar refractivity (Wildman–Crippen MR) is 75.3 cm³/mol. The smallest absolute Gasteiger partial charge is 0.221 e. The van der Waals surface area contributed by atoms with Crippen LogP contribution < -0.4 is 10.2 Å². The summed E-state index contributed by atoms with van der Waals surface area (Å²) in [5, 5.41) is 3.80. The van der Waals surface area contributed by atoms with Crippen molar-refractivity contribution in [3.63, 3.8) is 0 Å². The molecule has 5 nitrogen and oxygen atoms in total. The first-order chi connectivity index (χ1) is 9.24. The molecule has 5 heteroatoms. The third-order valence-electron chi connectivity index (χ3n) is 3.34. The number of nitrogens with zero attached hydrogens (tertiary/aromatic N) is 3. The molecule has 19 heavy (non-hydrogen) atoms. The lowest BCUT2D eigenvalue weighted by atomic mass is 10.2. The Hall–Kier alpha value is -2.17. The first-order valence-electron chi connectivity index (χ1n) is 6.51. The third-order valence-corrected chi connectivity index (χ3v) is 3.34. The van der Waals surface area contributed by atoms with Crippen LogP contribution in [0.5, 0.6) is 0 Å². The summed E-state index contributed by atoms with van der Waals surface area (Å²) in [5.41, 5.74) is 1.70. The summed E-state index contributed by atoms with van der Waals surface area (Å²) in [6.45, 7) is 3.58. The molecule has 2 heterocycles. The van der Waals surface area contributed by atoms with Crippen LogP contribution in [0.15, 0.2) is 24.5 Å². The molecular weight excluding hydrogens is 240 g/mol. The molecule has 1 aromatic carbocycles. The van der Waals surface area contributed by atoms with Crippen LogP contribution in [-0.2, 0) is 4.79 Å². The van der Waals surface area contributed by atoms with Gasteiger partial charge in [0.2, 0.25) is 5.91 Å². The van der Waals surface area contributed by atoms with Gasteiger partial charge in [-0.3, -0.25) is 4.79 Å². The van der Waals surface area contributed by atoms with Crippen LogP contribution in [0.25, 0.3) is 10.9 Å². The molecule has 0 atom stereocenters. The predicted octanol–water partition coefficient (Wildman–Crippen LogP) is 2.19. The fourth-order valence-electron chi connectivity index (χ4n) is 2.50. The number of rotatable bonds is 2. The molecule has 0 bridgehead atoms. The number of anilines is 2. The Morgan fingerprint density at radius 1 is 1.26 bits per heavy atom. The highest BCUT2D eigenvalue weighted by Crippen LogP contribution is 2.28. The van der Waals surface area contributed by atoms with Crippen LogP contribution in [0, 0.1) is 0 Å². The van der Waals surface area contributed by atoms with Crippen molar-refractivity contribution in [1.29, 1.82) is 0 Å². The number of hydrogen-bond acceptors (Lipinski definition) is 4. The van der Waals surface area contributed by atoms with Crippen LogP contribution in [0.4, 0.5) is 11.5 Å². The second-order valence-electron chi connectivity index (χ2n) is 4.80. The minimum Gasteiger partial charge on any atom is -0.356 e. The van der Waals surface area contributed by atoms with Crippen molar-refractivity contribution in [3.8, 4) is 0 Å². The van der Waals surface area contributed by atoms with Gasteiger partial charge in [0, 0.05) is 31.1 Å². The fraction of sp³-hybridized carbons (Fsp3) is 0.357. The normalized spacial score (nSPS) is 14.9. The van der Waals surface area contributed by atoms with Crippen molar-refractivity contribution in [2.45, 2.75) is 19.8 Å². The molecule has 1 fully saturated rings. The van der Waals surface area contributed by atoms with Crippen LogP contribution in [0.1, 0.15) is 19.8 Å². The van der Waals surface area contributed by atoms with E-state index in [4.69, 9.17) is 0 Å². The van der Waals surface area contributed by atoms with Crippen molar-refractivity contribution in [1.82, 2.24) is 9.97 Å². The standard InChI is InChI=1S/C14H16N4O/c1-10(19)17-11-4-5-13-12(8-11)14(16-9-15-13)18-6-2-3-7-18/h4-5,8-9H,2-3,6-7H2,1H3,(H,17,19). The van der Waals surface area contributed by atoms with Gasteiger partial charge in [0.05, 0.1) is 5.52 Å². The largest absolute Gasteiger partial charge is 0.356 e. The van der Waals surface area contributed by atoms with Gasteiger partial charge in [0.15, 0.2) is 0 Å². The van der Waals surface area contributed by atoms with E-state index < -0.39 is 0 Å². The van der Waals surface area contributed by atoms with Gasteiger partial charge in [0.1, 0.15) is 12.1 Å². The van der Waals surface area contributed by atoms with Crippen molar-refractivity contribution >= 4 is 28.3 Å². The van der Waals surface area contributed by atoms with E-state index in [2.05, 4.69) is 20.2 Å². The number of amides is 1. The van der Waals surface area contributed by atoms with Crippen molar-refractivity contribution in [2.24, 2.45) is 0 Å². The van der Waals surface area contributed by atoms with E-state index in [1.165, 1.54) is 19.8 Å². The molecule has 1 aliphatic heterocycles. The van der Waals surface area contributed by atoms with Gasteiger partial charge in [-0.15, -0.1) is 0 Å². The van der Waals surface area contributed by atoms with Gasteiger partial charge in [-0.25, -0.2) is 9.97 Å². The van der Waals surface area contributed by atoms with E-state index in [0.717, 1.165) is 35.5 Å². The molecule has 98 valence electrons. The Labute approximate surface area is 111 Å². The summed E-state index contributed by atoms with van der Waals surface area (Å²) in [4.78, 5) is 22.1. The zero-order valence-corrected chi connectivity index (χ0v) is 10.9. The Balaban J connectivity index is 2.07. The molecule has 0 unspecified atom stereocenters. The topological polar surface area (TPSA) is 58.1 Å². The maximum Gasteiger partial charge on any atom is 0.221 e. The van der Waals surface area contributed by atoms with Crippen molar-refractivity contribution < 1.29 is 4.79 Å². The Morgan fingerprint density at radius 3 is 2.79 bits per heavy atom. The van der Waals surface area contributed by atoms with Gasteiger partial charge in [-0.05, 0) is 31.0 Å². The van der Waals surface area contributed by atoms with Gasteiger partial charge >= 0.3 is 0 Å². The highest BCUT2D eigenvalue weighted by Gasteiger charge is 2.16. The molecule has 1 aromatic heterocycles. The minimum atomic E-state index is -0.0704. The summed E-state index contributed by atoms with van der Waals surface area (Å²) in [5.74, 6) is 0.897. The van der Waals surface area contributed by atoms with Gasteiger partial charge in [0.25, 0.3) is 0 Å². The van der Waals surface area contributed by atoms with Crippen LogP contribution in [0.2, 0.25) is 0 Å². The molecule has 3 rings (SSSR count). The molecule has 1 aliphatic rings. The van der Waals surface area contributed by atoms with Gasteiger partial charge < -0.3 is 10.2 Å². The lowest BCUT2D eigenvalue weighted by Gasteiger charge is -2.18. The first-order valence-corrected chi connectivity index (χ1v) is 6.51. The Bertz CT molecular complexity index is 620. The number of carbonyl (C=O) groups is 1. The molecular formula is C14H16N4O. The monoisotopic (exact) mass is 256 g/mol. The number of aromatic nitrogens is 2. The second-order valence-corrected chi connectivity index (χ2v) is 4.80. The minimum absolute atomic E-state index is 0.0704. The average molecular weight is 256 g/mol. The fourth-order valence-corrected chi connectivity index (χ4v) is 2.50. The Morgan fingerprint density at radius 2 is 2.05 bits per heavy atom. The summed E-state index contributed by atoms with van der Waals surface area (Å²) in [7, 11) is 0. The lowest BCUT2D eigenvalue weighted by Crippen LogP contribution is -2.19.